The lowest BCUT2D eigenvalue weighted by atomic mass is 9.94. The lowest BCUT2D eigenvalue weighted by Crippen LogP contribution is -2.43. The fourth-order valence-corrected chi connectivity index (χ4v) is 6.56. The van der Waals surface area contributed by atoms with Crippen LogP contribution in [-0.4, -0.2) is 40.1 Å². The number of allylic oxidation sites excluding steroid dienone is 1. The van der Waals surface area contributed by atoms with Gasteiger partial charge in [-0.2, -0.15) is 0 Å². The molecular formula is C32H33FN4O3S. The lowest BCUT2D eigenvalue weighted by molar-refractivity contribution is -0.127. The van der Waals surface area contributed by atoms with Gasteiger partial charge in [0.25, 0.3) is 11.5 Å². The topological polar surface area (TPSA) is 68.8 Å². The van der Waals surface area contributed by atoms with Crippen molar-refractivity contribution in [3.63, 3.8) is 0 Å². The Bertz CT molecular complexity index is 1840. The van der Waals surface area contributed by atoms with Crippen LogP contribution in [0.1, 0.15) is 49.3 Å². The van der Waals surface area contributed by atoms with Crippen LogP contribution in [0.5, 0.6) is 5.75 Å². The Labute approximate surface area is 242 Å². The largest absolute Gasteiger partial charge is 0.496 e. The third-order valence-corrected chi connectivity index (χ3v) is 8.56. The van der Waals surface area contributed by atoms with E-state index in [4.69, 9.17) is 9.73 Å². The second-order valence-corrected chi connectivity index (χ2v) is 10.9. The van der Waals surface area contributed by atoms with E-state index in [9.17, 15) is 14.0 Å². The number of thiazole rings is 1. The van der Waals surface area contributed by atoms with E-state index >= 15 is 0 Å². The fraction of sp³-hybridized carbons (Fsp3) is 0.281. The Kier molecular flexibility index (Phi) is 7.82. The van der Waals surface area contributed by atoms with Crippen molar-refractivity contribution >= 4 is 23.3 Å². The van der Waals surface area contributed by atoms with Gasteiger partial charge in [0.15, 0.2) is 4.80 Å². The summed E-state index contributed by atoms with van der Waals surface area (Å²) in [5, 5.41) is 0. The molecule has 1 amide bonds. The first-order valence-corrected chi connectivity index (χ1v) is 14.4. The average Bonchev–Trinajstić information content (AvgIpc) is 3.42. The smallest absolute Gasteiger partial charge is 0.271 e. The SMILES string of the molecule is CCN(CC)C(=O)C1=C(C)N=c2s/c(=C/c3cc(C)n(-c4ccc(F)cc4)c3C)c(=O)n2[C@H]1c1ccccc1OC. The maximum absolute atomic E-state index is 14.1. The lowest BCUT2D eigenvalue weighted by Gasteiger charge is -2.29. The number of benzene rings is 2. The standard InChI is InChI=1S/C32H33FN4O3S/c1-7-35(8-2)31(39)28-20(4)34-32-37(29(28)25-11-9-10-12-26(25)40-6)30(38)27(41-32)18-22-17-19(3)36(21(22)5)24-15-13-23(33)14-16-24/h9-18,29H,7-8H2,1-6H3/b27-18+/t29-/m0/s1. The van der Waals surface area contributed by atoms with E-state index in [0.717, 1.165) is 28.2 Å². The first-order valence-electron chi connectivity index (χ1n) is 13.6. The van der Waals surface area contributed by atoms with Crippen molar-refractivity contribution in [3.05, 3.63) is 114 Å². The summed E-state index contributed by atoms with van der Waals surface area (Å²) in [4.78, 5) is 35.0. The van der Waals surface area contributed by atoms with Crippen LogP contribution in [0.25, 0.3) is 11.8 Å². The Balaban J connectivity index is 1.72. The van der Waals surface area contributed by atoms with Gasteiger partial charge in [-0.3, -0.25) is 14.2 Å². The van der Waals surface area contributed by atoms with Crippen LogP contribution in [0, 0.1) is 19.7 Å². The van der Waals surface area contributed by atoms with Crippen LogP contribution in [-0.2, 0) is 4.79 Å². The molecular weight excluding hydrogens is 539 g/mol. The third kappa shape index (κ3) is 4.95. The van der Waals surface area contributed by atoms with Gasteiger partial charge in [0.2, 0.25) is 0 Å². The molecule has 2 aromatic carbocycles. The van der Waals surface area contributed by atoms with Crippen molar-refractivity contribution in [1.82, 2.24) is 14.0 Å². The minimum absolute atomic E-state index is 0.149. The van der Waals surface area contributed by atoms with Gasteiger partial charge in [0.05, 0.1) is 22.9 Å². The second-order valence-electron chi connectivity index (χ2n) is 9.94. The predicted molar refractivity (Wildman–Crippen MR) is 160 cm³/mol. The molecule has 0 saturated heterocycles. The van der Waals surface area contributed by atoms with Gasteiger partial charge in [-0.1, -0.05) is 29.5 Å². The zero-order valence-corrected chi connectivity index (χ0v) is 24.9. The Hall–Kier alpha value is -4.24. The quantitative estimate of drug-likeness (QED) is 0.324. The summed E-state index contributed by atoms with van der Waals surface area (Å²) in [7, 11) is 1.59. The van der Waals surface area contributed by atoms with Gasteiger partial charge in [-0.05, 0) is 82.7 Å². The molecule has 2 aromatic heterocycles. The monoisotopic (exact) mass is 572 g/mol. The molecule has 1 atom stereocenters. The molecule has 5 rings (SSSR count). The molecule has 3 heterocycles. The van der Waals surface area contributed by atoms with E-state index < -0.39 is 6.04 Å². The number of aryl methyl sites for hydroxylation is 1. The molecule has 0 N–H and O–H groups in total. The van der Waals surface area contributed by atoms with Crippen LogP contribution >= 0.6 is 11.3 Å². The van der Waals surface area contributed by atoms with Crippen LogP contribution in [0.4, 0.5) is 4.39 Å². The number of likely N-dealkylation sites (N-methyl/N-ethyl adjacent to an activating group) is 1. The third-order valence-electron chi connectivity index (χ3n) is 7.58. The minimum Gasteiger partial charge on any atom is -0.496 e. The number of fused-ring (bicyclic) bond motifs is 1. The van der Waals surface area contributed by atoms with Gasteiger partial charge >= 0.3 is 0 Å². The number of carbonyl (C=O) groups excluding carboxylic acids is 1. The molecule has 0 aliphatic carbocycles. The summed E-state index contributed by atoms with van der Waals surface area (Å²) in [6.07, 6.45) is 1.87. The minimum atomic E-state index is -0.690. The maximum Gasteiger partial charge on any atom is 0.271 e. The molecule has 212 valence electrons. The summed E-state index contributed by atoms with van der Waals surface area (Å²) in [6, 6.07) is 15.1. The normalized spacial score (nSPS) is 15.1. The van der Waals surface area contributed by atoms with Crippen molar-refractivity contribution in [3.8, 4) is 11.4 Å². The van der Waals surface area contributed by atoms with E-state index in [1.54, 1.807) is 28.7 Å². The Morgan fingerprint density at radius 2 is 1.78 bits per heavy atom. The number of amides is 1. The number of aromatic nitrogens is 2. The molecule has 0 bridgehead atoms. The van der Waals surface area contributed by atoms with Crippen LogP contribution < -0.4 is 19.6 Å². The van der Waals surface area contributed by atoms with Gasteiger partial charge in [-0.25, -0.2) is 9.38 Å². The highest BCUT2D eigenvalue weighted by atomic mass is 32.1. The van der Waals surface area contributed by atoms with Crippen LogP contribution in [0.2, 0.25) is 0 Å². The summed E-state index contributed by atoms with van der Waals surface area (Å²) < 4.78 is 23.4. The highest BCUT2D eigenvalue weighted by Gasteiger charge is 2.35. The number of hydrogen-bond donors (Lipinski definition) is 0. The number of para-hydroxylation sites is 1. The summed E-state index contributed by atoms with van der Waals surface area (Å²) >= 11 is 1.30. The van der Waals surface area contributed by atoms with Crippen LogP contribution in [0.15, 0.2) is 75.7 Å². The van der Waals surface area contributed by atoms with Crippen molar-refractivity contribution in [2.45, 2.75) is 40.7 Å². The van der Waals surface area contributed by atoms with E-state index in [0.29, 0.717) is 39.4 Å². The number of methoxy groups -OCH3 is 1. The molecule has 0 spiro atoms. The number of rotatable bonds is 7. The average molecular weight is 573 g/mol. The first-order chi connectivity index (χ1) is 19.7. The number of carbonyl (C=O) groups is 1. The maximum atomic E-state index is 14.1. The van der Waals surface area contributed by atoms with E-state index in [1.165, 1.54) is 23.5 Å². The second kappa shape index (κ2) is 11.3. The zero-order chi connectivity index (χ0) is 29.4. The van der Waals surface area contributed by atoms with E-state index in [-0.39, 0.29) is 17.3 Å². The highest BCUT2D eigenvalue weighted by molar-refractivity contribution is 7.07. The van der Waals surface area contributed by atoms with Gasteiger partial charge < -0.3 is 14.2 Å². The van der Waals surface area contributed by atoms with Gasteiger partial charge in [0, 0.05) is 35.7 Å². The fourth-order valence-electron chi connectivity index (χ4n) is 5.53. The summed E-state index contributed by atoms with van der Waals surface area (Å²) in [6.45, 7) is 10.7. The zero-order valence-electron chi connectivity index (χ0n) is 24.1. The molecule has 0 fully saturated rings. The number of ether oxygens (including phenoxy) is 1. The molecule has 0 radical (unpaired) electrons. The molecule has 41 heavy (non-hydrogen) atoms. The molecule has 9 heteroatoms. The molecule has 0 saturated carbocycles. The van der Waals surface area contributed by atoms with E-state index in [2.05, 4.69) is 0 Å². The Morgan fingerprint density at radius 1 is 1.10 bits per heavy atom. The summed E-state index contributed by atoms with van der Waals surface area (Å²) in [5.41, 5.74) is 5.15. The van der Waals surface area contributed by atoms with E-state index in [1.807, 2.05) is 75.6 Å². The van der Waals surface area contributed by atoms with Gasteiger partial charge in [-0.15, -0.1) is 0 Å². The molecule has 1 aliphatic rings. The van der Waals surface area contributed by atoms with Crippen molar-refractivity contribution in [1.29, 1.82) is 0 Å². The molecule has 1 aliphatic heterocycles. The molecule has 0 unspecified atom stereocenters. The Morgan fingerprint density at radius 3 is 2.44 bits per heavy atom. The summed E-state index contributed by atoms with van der Waals surface area (Å²) in [5.74, 6) is 0.148. The first kappa shape index (κ1) is 28.3. The molecule has 4 aromatic rings. The van der Waals surface area contributed by atoms with Crippen LogP contribution in [0.3, 0.4) is 0 Å². The number of nitrogens with zero attached hydrogens (tertiary/aromatic N) is 4. The highest BCUT2D eigenvalue weighted by Crippen LogP contribution is 2.36. The predicted octanol–water partition coefficient (Wildman–Crippen LogP) is 4.66. The number of hydrogen-bond acceptors (Lipinski definition) is 5. The van der Waals surface area contributed by atoms with Gasteiger partial charge in [0.1, 0.15) is 17.6 Å². The van der Waals surface area contributed by atoms with Crippen molar-refractivity contribution < 1.29 is 13.9 Å². The van der Waals surface area contributed by atoms with Crippen molar-refractivity contribution in [2.75, 3.05) is 20.2 Å². The number of halogens is 1. The van der Waals surface area contributed by atoms with Crippen molar-refractivity contribution in [2.24, 2.45) is 4.99 Å². The molecule has 7 nitrogen and oxygen atoms in total.